The van der Waals surface area contributed by atoms with Gasteiger partial charge in [-0.25, -0.2) is 17.2 Å². The molecule has 1 aliphatic rings. The fourth-order valence-corrected chi connectivity index (χ4v) is 4.60. The van der Waals surface area contributed by atoms with Gasteiger partial charge >= 0.3 is 0 Å². The molecule has 118 valence electrons. The van der Waals surface area contributed by atoms with Gasteiger partial charge in [0, 0.05) is 22.3 Å². The van der Waals surface area contributed by atoms with Gasteiger partial charge < -0.3 is 5.73 Å². The third kappa shape index (κ3) is 3.81. The summed E-state index contributed by atoms with van der Waals surface area (Å²) >= 11 is 3.03. The fourth-order valence-electron chi connectivity index (χ4n) is 3.00. The van der Waals surface area contributed by atoms with E-state index < -0.39 is 32.8 Å². The summed E-state index contributed by atoms with van der Waals surface area (Å²) in [5.74, 6) is -1.63. The summed E-state index contributed by atoms with van der Waals surface area (Å²) < 4.78 is 51.6. The number of rotatable bonds is 3. The van der Waals surface area contributed by atoms with E-state index >= 15 is 0 Å². The van der Waals surface area contributed by atoms with E-state index in [4.69, 9.17) is 5.73 Å². The Labute approximate surface area is 132 Å². The fraction of sp³-hybridized carbons (Fsp3) is 0.571. The highest BCUT2D eigenvalue weighted by molar-refractivity contribution is 9.10. The molecule has 3 unspecified atom stereocenters. The van der Waals surface area contributed by atoms with Crippen molar-refractivity contribution in [3.05, 3.63) is 33.8 Å². The number of nitrogens with two attached hydrogens (primary N) is 1. The molecule has 0 amide bonds. The van der Waals surface area contributed by atoms with E-state index in [9.17, 15) is 17.2 Å². The topological polar surface area (TPSA) is 60.2 Å². The number of hydrogen-bond acceptors (Lipinski definition) is 3. The Morgan fingerprint density at radius 2 is 1.86 bits per heavy atom. The van der Waals surface area contributed by atoms with Gasteiger partial charge in [-0.1, -0.05) is 22.4 Å². The minimum Gasteiger partial charge on any atom is -0.324 e. The molecule has 1 saturated carbocycles. The Kier molecular flexibility index (Phi) is 5.05. The van der Waals surface area contributed by atoms with Crippen molar-refractivity contribution < 1.29 is 17.2 Å². The van der Waals surface area contributed by atoms with Crippen LogP contribution in [0.3, 0.4) is 0 Å². The zero-order valence-electron chi connectivity index (χ0n) is 11.7. The molecule has 1 aliphatic carbocycles. The van der Waals surface area contributed by atoms with E-state index in [0.29, 0.717) is 30.2 Å². The predicted molar refractivity (Wildman–Crippen MR) is 81.6 cm³/mol. The first-order valence-electron chi connectivity index (χ1n) is 6.79. The zero-order chi connectivity index (χ0) is 15.8. The first-order chi connectivity index (χ1) is 9.70. The third-order valence-electron chi connectivity index (χ3n) is 4.16. The highest BCUT2D eigenvalue weighted by Gasteiger charge is 2.34. The Morgan fingerprint density at radius 3 is 2.38 bits per heavy atom. The molecule has 1 aromatic carbocycles. The highest BCUT2D eigenvalue weighted by atomic mass is 79.9. The molecule has 3 atom stereocenters. The summed E-state index contributed by atoms with van der Waals surface area (Å²) in [4.78, 5) is 0. The van der Waals surface area contributed by atoms with Gasteiger partial charge in [0.05, 0.1) is 5.25 Å². The zero-order valence-corrected chi connectivity index (χ0v) is 14.1. The molecular weight excluding hydrogens is 364 g/mol. The van der Waals surface area contributed by atoms with Gasteiger partial charge in [-0.3, -0.25) is 0 Å². The van der Waals surface area contributed by atoms with Crippen LogP contribution in [-0.4, -0.2) is 19.9 Å². The Morgan fingerprint density at radius 1 is 1.29 bits per heavy atom. The van der Waals surface area contributed by atoms with Crippen LogP contribution < -0.4 is 5.73 Å². The Bertz CT molecular complexity index is 613. The molecule has 2 rings (SSSR count). The van der Waals surface area contributed by atoms with Crippen molar-refractivity contribution in [2.75, 3.05) is 6.26 Å². The molecule has 0 spiro atoms. The maximum absolute atomic E-state index is 14.0. The second-order valence-corrected chi connectivity index (χ2v) is 8.93. The SMILES string of the molecule is CS(=O)(=O)C1CCCC(C(N)c2c(F)cc(Br)cc2F)C1. The smallest absolute Gasteiger partial charge is 0.150 e. The van der Waals surface area contributed by atoms with E-state index in [1.807, 2.05) is 0 Å². The van der Waals surface area contributed by atoms with E-state index in [1.165, 1.54) is 18.4 Å². The van der Waals surface area contributed by atoms with Gasteiger partial charge in [0.2, 0.25) is 0 Å². The van der Waals surface area contributed by atoms with Crippen LogP contribution in [0.4, 0.5) is 8.78 Å². The summed E-state index contributed by atoms with van der Waals surface area (Å²) in [6.07, 6.45) is 3.53. The maximum atomic E-state index is 14.0. The van der Waals surface area contributed by atoms with Crippen LogP contribution >= 0.6 is 15.9 Å². The van der Waals surface area contributed by atoms with Crippen LogP contribution in [-0.2, 0) is 9.84 Å². The second kappa shape index (κ2) is 6.30. The van der Waals surface area contributed by atoms with Crippen molar-refractivity contribution in [3.63, 3.8) is 0 Å². The Balaban J connectivity index is 2.26. The summed E-state index contributed by atoms with van der Waals surface area (Å²) in [5.41, 5.74) is 5.88. The van der Waals surface area contributed by atoms with E-state index in [2.05, 4.69) is 15.9 Å². The predicted octanol–water partition coefficient (Wildman–Crippen LogP) is 3.33. The molecule has 1 aromatic rings. The molecule has 2 N–H and O–H groups in total. The van der Waals surface area contributed by atoms with Gasteiger partial charge in [0.1, 0.15) is 21.5 Å². The lowest BCUT2D eigenvalue weighted by Crippen LogP contribution is -2.33. The summed E-state index contributed by atoms with van der Waals surface area (Å²) in [5, 5.41) is -0.469. The average Bonchev–Trinajstić information content (AvgIpc) is 2.36. The first-order valence-corrected chi connectivity index (χ1v) is 9.53. The van der Waals surface area contributed by atoms with Crippen molar-refractivity contribution in [3.8, 4) is 0 Å². The molecule has 21 heavy (non-hydrogen) atoms. The minimum atomic E-state index is -3.15. The summed E-state index contributed by atoms with van der Waals surface area (Å²) in [6.45, 7) is 0. The molecule has 1 fully saturated rings. The number of hydrogen-bond donors (Lipinski definition) is 1. The molecule has 0 bridgehead atoms. The molecular formula is C14H18BrF2NO2S. The first kappa shape index (κ1) is 16.8. The van der Waals surface area contributed by atoms with E-state index in [-0.39, 0.29) is 11.5 Å². The largest absolute Gasteiger partial charge is 0.324 e. The van der Waals surface area contributed by atoms with E-state index in [0.717, 1.165) is 0 Å². The molecule has 0 aromatic heterocycles. The van der Waals surface area contributed by atoms with Gasteiger partial charge in [-0.05, 0) is 37.3 Å². The van der Waals surface area contributed by atoms with Crippen LogP contribution in [0.5, 0.6) is 0 Å². The highest BCUT2D eigenvalue weighted by Crippen LogP contribution is 2.37. The van der Waals surface area contributed by atoms with Crippen LogP contribution in [0, 0.1) is 17.6 Å². The summed E-state index contributed by atoms with van der Waals surface area (Å²) in [7, 11) is -3.15. The van der Waals surface area contributed by atoms with Crippen LogP contribution in [0.25, 0.3) is 0 Å². The van der Waals surface area contributed by atoms with Crippen molar-refractivity contribution in [1.82, 2.24) is 0 Å². The standard InChI is InChI=1S/C14H18BrF2NO2S/c1-21(19,20)10-4-2-3-8(5-10)14(18)13-11(16)6-9(15)7-12(13)17/h6-8,10,14H,2-5,18H2,1H3. The van der Waals surface area contributed by atoms with Crippen LogP contribution in [0.2, 0.25) is 0 Å². The van der Waals surface area contributed by atoms with Gasteiger partial charge in [0.15, 0.2) is 0 Å². The minimum absolute atomic E-state index is 0.155. The number of halogens is 3. The van der Waals surface area contributed by atoms with Gasteiger partial charge in [-0.15, -0.1) is 0 Å². The van der Waals surface area contributed by atoms with E-state index in [1.54, 1.807) is 0 Å². The molecule has 0 aliphatic heterocycles. The second-order valence-electron chi connectivity index (χ2n) is 5.69. The molecule has 3 nitrogen and oxygen atoms in total. The lowest BCUT2D eigenvalue weighted by Gasteiger charge is -2.32. The normalized spacial score (nSPS) is 24.8. The van der Waals surface area contributed by atoms with Crippen molar-refractivity contribution in [2.45, 2.75) is 37.0 Å². The van der Waals surface area contributed by atoms with Crippen molar-refractivity contribution in [2.24, 2.45) is 11.7 Å². The monoisotopic (exact) mass is 381 g/mol. The molecule has 0 radical (unpaired) electrons. The molecule has 0 saturated heterocycles. The third-order valence-corrected chi connectivity index (χ3v) is 6.25. The number of benzene rings is 1. The van der Waals surface area contributed by atoms with Crippen LogP contribution in [0.1, 0.15) is 37.3 Å². The van der Waals surface area contributed by atoms with Gasteiger partial charge in [0.25, 0.3) is 0 Å². The van der Waals surface area contributed by atoms with Crippen molar-refractivity contribution in [1.29, 1.82) is 0 Å². The quantitative estimate of drug-likeness (QED) is 0.873. The van der Waals surface area contributed by atoms with Crippen molar-refractivity contribution >= 4 is 25.8 Å². The molecule has 7 heteroatoms. The summed E-state index contributed by atoms with van der Waals surface area (Å²) in [6, 6.07) is 1.52. The van der Waals surface area contributed by atoms with Gasteiger partial charge in [-0.2, -0.15) is 0 Å². The maximum Gasteiger partial charge on any atom is 0.150 e. The lowest BCUT2D eigenvalue weighted by atomic mass is 9.81. The van der Waals surface area contributed by atoms with Crippen LogP contribution in [0.15, 0.2) is 16.6 Å². The molecule has 0 heterocycles. The lowest BCUT2D eigenvalue weighted by molar-refractivity contribution is 0.299. The average molecular weight is 382 g/mol. The Hall–Kier alpha value is -0.530. The number of sulfone groups is 1.